The first-order chi connectivity index (χ1) is 15.8. The van der Waals surface area contributed by atoms with Gasteiger partial charge in [-0.3, -0.25) is 19.0 Å². The van der Waals surface area contributed by atoms with Gasteiger partial charge in [0.2, 0.25) is 0 Å². The molecular weight excluding hydrogens is 471 g/mol. The highest BCUT2D eigenvalue weighted by Crippen LogP contribution is 2.29. The van der Waals surface area contributed by atoms with Crippen molar-refractivity contribution in [2.45, 2.75) is 45.9 Å². The van der Waals surface area contributed by atoms with Crippen LogP contribution in [-0.4, -0.2) is 51.7 Å². The number of amides is 1. The Kier molecular flexibility index (Phi) is 7.02. The third-order valence-electron chi connectivity index (χ3n) is 5.12. The number of aromatic hydroxyl groups is 1. The maximum absolute atomic E-state index is 13.5. The molecule has 1 N–H and O–H groups in total. The Bertz CT molecular complexity index is 1230. The zero-order valence-electron chi connectivity index (χ0n) is 19.1. The normalized spacial score (nSPS) is 13.5. The van der Waals surface area contributed by atoms with Crippen LogP contribution >= 0.6 is 11.6 Å². The number of fused-ring (bicyclic) bond motifs is 1. The Balaban J connectivity index is 2.05. The predicted molar refractivity (Wildman–Crippen MR) is 119 cm³/mol. The summed E-state index contributed by atoms with van der Waals surface area (Å²) in [6, 6.07) is 4.00. The lowest BCUT2D eigenvalue weighted by atomic mass is 9.95. The van der Waals surface area contributed by atoms with Gasteiger partial charge < -0.3 is 19.5 Å². The fourth-order valence-electron chi connectivity index (χ4n) is 3.73. The lowest BCUT2D eigenvalue weighted by molar-refractivity contribution is -0.155. The second-order valence-electron chi connectivity index (χ2n) is 8.75. The number of hydrogen-bond acceptors (Lipinski definition) is 7. The highest BCUT2D eigenvalue weighted by molar-refractivity contribution is 6.30. The largest absolute Gasteiger partial charge is 0.502 e. The van der Waals surface area contributed by atoms with E-state index in [9.17, 15) is 28.7 Å². The van der Waals surface area contributed by atoms with E-state index >= 15 is 0 Å². The zero-order valence-corrected chi connectivity index (χ0v) is 19.9. The number of esters is 2. The van der Waals surface area contributed by atoms with Crippen molar-refractivity contribution in [3.63, 3.8) is 0 Å². The van der Waals surface area contributed by atoms with Crippen LogP contribution in [-0.2, 0) is 33.8 Å². The molecule has 1 aromatic heterocycles. The first-order valence-electron chi connectivity index (χ1n) is 10.4. The van der Waals surface area contributed by atoms with Gasteiger partial charge in [0.15, 0.2) is 5.75 Å². The smallest absolute Gasteiger partial charge is 0.355 e. The van der Waals surface area contributed by atoms with Crippen molar-refractivity contribution < 1.29 is 33.4 Å². The molecule has 1 amide bonds. The number of hydrogen-bond donors (Lipinski definition) is 1. The summed E-state index contributed by atoms with van der Waals surface area (Å²) in [5, 5.41) is 10.5. The summed E-state index contributed by atoms with van der Waals surface area (Å²) in [4.78, 5) is 52.4. The second-order valence-corrected chi connectivity index (χ2v) is 9.15. The molecule has 1 aliphatic rings. The van der Waals surface area contributed by atoms with E-state index in [0.29, 0.717) is 5.56 Å². The van der Waals surface area contributed by atoms with Crippen molar-refractivity contribution >= 4 is 29.4 Å². The average molecular weight is 495 g/mol. The fourth-order valence-corrected chi connectivity index (χ4v) is 3.94. The second kappa shape index (κ2) is 9.46. The molecule has 0 aliphatic carbocycles. The number of pyridine rings is 1. The third kappa shape index (κ3) is 5.06. The number of carbonyl (C=O) groups is 3. The molecule has 34 heavy (non-hydrogen) atoms. The standard InChI is InChI=1S/C23H24ClFN2O7/c1-23(2,3)34-16(28)11-27-18(22(32)33-4)13-7-8-26(20(30)17(13)19(29)21(27)31)10-12-5-6-15(25)14(24)9-12/h5-6,9,29H,7-8,10-11H2,1-4H3. The molecule has 0 saturated carbocycles. The van der Waals surface area contributed by atoms with E-state index in [-0.39, 0.29) is 41.4 Å². The summed E-state index contributed by atoms with van der Waals surface area (Å²) in [5.74, 6) is -3.95. The Morgan fingerprint density at radius 3 is 2.50 bits per heavy atom. The van der Waals surface area contributed by atoms with Crippen molar-refractivity contribution in [1.29, 1.82) is 0 Å². The monoisotopic (exact) mass is 494 g/mol. The van der Waals surface area contributed by atoms with E-state index < -0.39 is 47.1 Å². The summed E-state index contributed by atoms with van der Waals surface area (Å²) in [6.07, 6.45) is 0.0859. The number of carbonyl (C=O) groups excluding carboxylic acids is 3. The fraction of sp³-hybridized carbons (Fsp3) is 0.391. The zero-order chi connectivity index (χ0) is 25.4. The lowest BCUT2D eigenvalue weighted by Gasteiger charge is -2.31. The third-order valence-corrected chi connectivity index (χ3v) is 5.41. The summed E-state index contributed by atoms with van der Waals surface area (Å²) in [5.41, 5.74) is -1.97. The van der Waals surface area contributed by atoms with Crippen LogP contribution < -0.4 is 5.56 Å². The molecule has 0 fully saturated rings. The van der Waals surface area contributed by atoms with Gasteiger partial charge in [-0.05, 0) is 44.9 Å². The molecule has 0 saturated heterocycles. The van der Waals surface area contributed by atoms with E-state index in [2.05, 4.69) is 0 Å². The highest BCUT2D eigenvalue weighted by atomic mass is 35.5. The summed E-state index contributed by atoms with van der Waals surface area (Å²) < 4.78 is 24.2. The van der Waals surface area contributed by atoms with Crippen molar-refractivity contribution in [1.82, 2.24) is 9.47 Å². The number of halogens is 2. The van der Waals surface area contributed by atoms with Gasteiger partial charge in [0.25, 0.3) is 11.5 Å². The van der Waals surface area contributed by atoms with Crippen molar-refractivity contribution in [3.8, 4) is 5.75 Å². The quantitative estimate of drug-likeness (QED) is 0.635. The van der Waals surface area contributed by atoms with E-state index in [1.54, 1.807) is 20.8 Å². The van der Waals surface area contributed by atoms with Crippen LogP contribution in [0, 0.1) is 5.82 Å². The first-order valence-corrected chi connectivity index (χ1v) is 10.7. The first kappa shape index (κ1) is 25.2. The molecule has 0 atom stereocenters. The Morgan fingerprint density at radius 2 is 1.91 bits per heavy atom. The number of ether oxygens (including phenoxy) is 2. The Hall–Kier alpha value is -3.40. The summed E-state index contributed by atoms with van der Waals surface area (Å²) in [6.45, 7) is 4.41. The summed E-state index contributed by atoms with van der Waals surface area (Å²) in [7, 11) is 1.10. The van der Waals surface area contributed by atoms with Gasteiger partial charge in [-0.1, -0.05) is 17.7 Å². The molecule has 3 rings (SSSR count). The molecule has 2 aromatic rings. The van der Waals surface area contributed by atoms with Crippen LogP contribution in [0.5, 0.6) is 5.75 Å². The SMILES string of the molecule is COC(=O)c1c2c(c(O)c(=O)n1CC(=O)OC(C)(C)C)C(=O)N(Cc1ccc(F)c(Cl)c1)CC2. The van der Waals surface area contributed by atoms with E-state index in [1.165, 1.54) is 23.1 Å². The predicted octanol–water partition coefficient (Wildman–Crippen LogP) is 2.67. The summed E-state index contributed by atoms with van der Waals surface area (Å²) >= 11 is 5.81. The van der Waals surface area contributed by atoms with E-state index in [0.717, 1.165) is 11.7 Å². The molecule has 0 spiro atoms. The number of methoxy groups -OCH3 is 1. The van der Waals surface area contributed by atoms with Crippen LogP contribution in [0.3, 0.4) is 0 Å². The molecule has 1 aromatic carbocycles. The number of aromatic nitrogens is 1. The van der Waals surface area contributed by atoms with Gasteiger partial charge in [-0.25, -0.2) is 9.18 Å². The van der Waals surface area contributed by atoms with Crippen molar-refractivity contribution in [2.75, 3.05) is 13.7 Å². The number of benzene rings is 1. The molecule has 0 bridgehead atoms. The number of nitrogens with zero attached hydrogens (tertiary/aromatic N) is 2. The molecule has 182 valence electrons. The van der Waals surface area contributed by atoms with E-state index in [4.69, 9.17) is 21.1 Å². The highest BCUT2D eigenvalue weighted by Gasteiger charge is 2.36. The minimum absolute atomic E-state index is 0.0340. The molecular formula is C23H24ClFN2O7. The minimum Gasteiger partial charge on any atom is -0.502 e. The maximum atomic E-state index is 13.5. The van der Waals surface area contributed by atoms with Gasteiger partial charge in [0, 0.05) is 18.7 Å². The van der Waals surface area contributed by atoms with Gasteiger partial charge in [0.1, 0.15) is 23.7 Å². The van der Waals surface area contributed by atoms with Crippen molar-refractivity contribution in [2.24, 2.45) is 0 Å². The molecule has 9 nitrogen and oxygen atoms in total. The van der Waals surface area contributed by atoms with Crippen LogP contribution in [0.4, 0.5) is 4.39 Å². The maximum Gasteiger partial charge on any atom is 0.355 e. The van der Waals surface area contributed by atoms with E-state index in [1.807, 2.05) is 0 Å². The minimum atomic E-state index is -1.11. The van der Waals surface area contributed by atoms with Crippen LogP contribution in [0.25, 0.3) is 0 Å². The average Bonchev–Trinajstić information content (AvgIpc) is 2.74. The van der Waals surface area contributed by atoms with Crippen LogP contribution in [0.2, 0.25) is 5.02 Å². The lowest BCUT2D eigenvalue weighted by Crippen LogP contribution is -2.42. The van der Waals surface area contributed by atoms with Crippen molar-refractivity contribution in [3.05, 3.63) is 61.8 Å². The molecule has 11 heteroatoms. The van der Waals surface area contributed by atoms with Gasteiger partial charge >= 0.3 is 11.9 Å². The van der Waals surface area contributed by atoms with Gasteiger partial charge in [-0.15, -0.1) is 0 Å². The molecule has 2 heterocycles. The Morgan fingerprint density at radius 1 is 1.24 bits per heavy atom. The van der Waals surface area contributed by atoms with Gasteiger partial charge in [0.05, 0.1) is 17.7 Å². The van der Waals surface area contributed by atoms with Crippen LogP contribution in [0.15, 0.2) is 23.0 Å². The Labute approximate surface area is 199 Å². The van der Waals surface area contributed by atoms with Gasteiger partial charge in [-0.2, -0.15) is 0 Å². The van der Waals surface area contributed by atoms with Crippen LogP contribution in [0.1, 0.15) is 52.7 Å². The topological polar surface area (TPSA) is 115 Å². The number of rotatable bonds is 5. The molecule has 1 aliphatic heterocycles. The molecule has 0 radical (unpaired) electrons. The molecule has 0 unspecified atom stereocenters.